The van der Waals surface area contributed by atoms with E-state index in [-0.39, 0.29) is 12.6 Å². The van der Waals surface area contributed by atoms with Gasteiger partial charge in [0.2, 0.25) is 0 Å². The molecule has 2 atom stereocenters. The normalized spacial score (nSPS) is 26.4. The van der Waals surface area contributed by atoms with Crippen molar-refractivity contribution < 1.29 is 23.0 Å². The van der Waals surface area contributed by atoms with Crippen molar-refractivity contribution in [2.24, 2.45) is 0 Å². The van der Waals surface area contributed by atoms with Gasteiger partial charge in [0.05, 0.1) is 12.5 Å². The lowest BCUT2D eigenvalue weighted by atomic mass is 10.2. The Morgan fingerprint density at radius 1 is 1.73 bits per heavy atom. The van der Waals surface area contributed by atoms with Crippen molar-refractivity contribution >= 4 is 5.97 Å². The van der Waals surface area contributed by atoms with E-state index in [0.29, 0.717) is 6.54 Å². The second-order valence-electron chi connectivity index (χ2n) is 3.64. The van der Waals surface area contributed by atoms with Gasteiger partial charge in [-0.05, 0) is 6.92 Å². The molecule has 0 radical (unpaired) electrons. The molecule has 4 nitrogen and oxygen atoms in total. The summed E-state index contributed by atoms with van der Waals surface area (Å²) in [6.07, 6.45) is -1.28. The summed E-state index contributed by atoms with van der Waals surface area (Å²) in [4.78, 5) is 10.6. The molecule has 88 valence electrons. The Balaban J connectivity index is 2.22. The molecule has 2 unspecified atom stereocenters. The van der Waals surface area contributed by atoms with E-state index in [1.807, 2.05) is 6.92 Å². The number of methoxy groups -OCH3 is 1. The first-order valence-corrected chi connectivity index (χ1v) is 4.78. The summed E-state index contributed by atoms with van der Waals surface area (Å²) in [5.41, 5.74) is 0. The SMILES string of the molecule is COC(C)CNCC1CC(F)(F)C(=O)O1. The predicted molar refractivity (Wildman–Crippen MR) is 48.8 cm³/mol. The molecule has 0 aliphatic carbocycles. The maximum Gasteiger partial charge on any atom is 0.377 e. The van der Waals surface area contributed by atoms with Gasteiger partial charge < -0.3 is 14.8 Å². The molecule has 0 aromatic rings. The van der Waals surface area contributed by atoms with Gasteiger partial charge in [-0.1, -0.05) is 0 Å². The van der Waals surface area contributed by atoms with Crippen LogP contribution < -0.4 is 5.32 Å². The van der Waals surface area contributed by atoms with Gasteiger partial charge in [0.25, 0.3) is 0 Å². The molecule has 1 saturated heterocycles. The van der Waals surface area contributed by atoms with Gasteiger partial charge in [-0.15, -0.1) is 0 Å². The smallest absolute Gasteiger partial charge is 0.377 e. The van der Waals surface area contributed by atoms with E-state index < -0.39 is 24.4 Å². The highest BCUT2D eigenvalue weighted by atomic mass is 19.3. The monoisotopic (exact) mass is 223 g/mol. The molecule has 0 saturated carbocycles. The Kier molecular flexibility index (Phi) is 3.98. The molecule has 6 heteroatoms. The molecule has 0 aromatic carbocycles. The van der Waals surface area contributed by atoms with Crippen LogP contribution >= 0.6 is 0 Å². The Morgan fingerprint density at radius 2 is 2.40 bits per heavy atom. The molecule has 15 heavy (non-hydrogen) atoms. The highest BCUT2D eigenvalue weighted by Gasteiger charge is 2.50. The van der Waals surface area contributed by atoms with Crippen molar-refractivity contribution in [2.75, 3.05) is 20.2 Å². The zero-order valence-corrected chi connectivity index (χ0v) is 8.76. The van der Waals surface area contributed by atoms with E-state index in [4.69, 9.17) is 4.74 Å². The molecule has 1 aliphatic rings. The van der Waals surface area contributed by atoms with E-state index in [2.05, 4.69) is 10.1 Å². The Hall–Kier alpha value is -0.750. The topological polar surface area (TPSA) is 47.6 Å². The van der Waals surface area contributed by atoms with Crippen LogP contribution in [-0.2, 0) is 14.3 Å². The lowest BCUT2D eigenvalue weighted by Gasteiger charge is -2.13. The van der Waals surface area contributed by atoms with Crippen LogP contribution in [0.1, 0.15) is 13.3 Å². The number of hydrogen-bond acceptors (Lipinski definition) is 4. The van der Waals surface area contributed by atoms with E-state index in [9.17, 15) is 13.6 Å². The summed E-state index contributed by atoms with van der Waals surface area (Å²) in [5, 5.41) is 2.90. The molecule has 1 aliphatic heterocycles. The first-order chi connectivity index (χ1) is 6.95. The van der Waals surface area contributed by atoms with Gasteiger partial charge in [-0.25, -0.2) is 4.79 Å². The molecule has 1 fully saturated rings. The molecule has 0 spiro atoms. The van der Waals surface area contributed by atoms with Crippen LogP contribution in [-0.4, -0.2) is 44.3 Å². The largest absolute Gasteiger partial charge is 0.456 e. The second-order valence-corrected chi connectivity index (χ2v) is 3.64. The van der Waals surface area contributed by atoms with Crippen molar-refractivity contribution in [1.82, 2.24) is 5.32 Å². The van der Waals surface area contributed by atoms with Crippen LogP contribution in [0.4, 0.5) is 8.78 Å². The molecule has 0 aromatic heterocycles. The maximum absolute atomic E-state index is 12.7. The third-order valence-corrected chi connectivity index (χ3v) is 2.26. The fraction of sp³-hybridized carbons (Fsp3) is 0.889. The summed E-state index contributed by atoms with van der Waals surface area (Å²) in [6.45, 7) is 2.62. The number of cyclic esters (lactones) is 1. The van der Waals surface area contributed by atoms with Crippen molar-refractivity contribution in [3.8, 4) is 0 Å². The van der Waals surface area contributed by atoms with Gasteiger partial charge in [-0.2, -0.15) is 8.78 Å². The van der Waals surface area contributed by atoms with Crippen LogP contribution in [0, 0.1) is 0 Å². The zero-order chi connectivity index (χ0) is 11.5. The summed E-state index contributed by atoms with van der Waals surface area (Å²) in [7, 11) is 1.57. The first-order valence-electron chi connectivity index (χ1n) is 4.78. The average Bonchev–Trinajstić information content (AvgIpc) is 2.40. The number of rotatable bonds is 5. The standard InChI is InChI=1S/C9H15F2NO3/c1-6(14-2)4-12-5-7-3-9(10,11)8(13)15-7/h6-7,12H,3-5H2,1-2H3. The van der Waals surface area contributed by atoms with Crippen LogP contribution in [0.25, 0.3) is 0 Å². The fourth-order valence-corrected chi connectivity index (χ4v) is 1.29. The van der Waals surface area contributed by atoms with Crippen molar-refractivity contribution in [3.05, 3.63) is 0 Å². The molecule has 0 bridgehead atoms. The molecular weight excluding hydrogens is 208 g/mol. The second kappa shape index (κ2) is 4.85. The number of hydrogen-bond donors (Lipinski definition) is 1. The number of carbonyl (C=O) groups is 1. The molecule has 0 amide bonds. The molecule has 1 rings (SSSR count). The summed E-state index contributed by atoms with van der Waals surface area (Å²) in [5.74, 6) is -4.74. The lowest BCUT2D eigenvalue weighted by molar-refractivity contribution is -0.159. The number of carbonyl (C=O) groups excluding carboxylic acids is 1. The fourth-order valence-electron chi connectivity index (χ4n) is 1.29. The molecule has 1 N–H and O–H groups in total. The van der Waals surface area contributed by atoms with Crippen LogP contribution in [0.2, 0.25) is 0 Å². The Morgan fingerprint density at radius 3 is 2.87 bits per heavy atom. The average molecular weight is 223 g/mol. The van der Waals surface area contributed by atoms with Gasteiger partial charge in [0.1, 0.15) is 6.10 Å². The lowest BCUT2D eigenvalue weighted by Crippen LogP contribution is -2.33. The summed E-state index contributed by atoms with van der Waals surface area (Å²) >= 11 is 0. The number of alkyl halides is 2. The third-order valence-electron chi connectivity index (χ3n) is 2.26. The van der Waals surface area contributed by atoms with Crippen LogP contribution in [0.5, 0.6) is 0 Å². The van der Waals surface area contributed by atoms with Crippen LogP contribution in [0.15, 0.2) is 0 Å². The van der Waals surface area contributed by atoms with E-state index >= 15 is 0 Å². The number of nitrogens with one attached hydrogen (secondary N) is 1. The van der Waals surface area contributed by atoms with Crippen molar-refractivity contribution in [3.63, 3.8) is 0 Å². The quantitative estimate of drug-likeness (QED) is 0.692. The number of esters is 1. The molecule has 1 heterocycles. The summed E-state index contributed by atoms with van der Waals surface area (Å²) in [6, 6.07) is 0. The van der Waals surface area contributed by atoms with E-state index in [0.717, 1.165) is 0 Å². The van der Waals surface area contributed by atoms with Gasteiger partial charge in [0.15, 0.2) is 0 Å². The molecular formula is C9H15F2NO3. The van der Waals surface area contributed by atoms with Gasteiger partial charge in [-0.3, -0.25) is 0 Å². The van der Waals surface area contributed by atoms with Crippen molar-refractivity contribution in [2.45, 2.75) is 31.5 Å². The minimum atomic E-state index is -3.32. The van der Waals surface area contributed by atoms with Crippen LogP contribution in [0.3, 0.4) is 0 Å². The number of ether oxygens (including phenoxy) is 2. The van der Waals surface area contributed by atoms with E-state index in [1.54, 1.807) is 7.11 Å². The highest BCUT2D eigenvalue weighted by molar-refractivity contribution is 5.79. The number of halogens is 2. The van der Waals surface area contributed by atoms with Gasteiger partial charge in [0, 0.05) is 20.2 Å². The Bertz CT molecular complexity index is 235. The predicted octanol–water partition coefficient (Wildman–Crippen LogP) is 0.562. The Labute approximate surface area is 86.9 Å². The highest BCUT2D eigenvalue weighted by Crippen LogP contribution is 2.30. The van der Waals surface area contributed by atoms with Crippen molar-refractivity contribution in [1.29, 1.82) is 0 Å². The first kappa shape index (κ1) is 12.3. The van der Waals surface area contributed by atoms with E-state index in [1.165, 1.54) is 0 Å². The maximum atomic E-state index is 12.7. The summed E-state index contributed by atoms with van der Waals surface area (Å²) < 4.78 is 34.9. The van der Waals surface area contributed by atoms with Gasteiger partial charge >= 0.3 is 11.9 Å². The minimum absolute atomic E-state index is 0.00242. The zero-order valence-electron chi connectivity index (χ0n) is 8.76. The third kappa shape index (κ3) is 3.39. The minimum Gasteiger partial charge on any atom is -0.456 e.